The number of rotatable bonds is 5. The fourth-order valence-corrected chi connectivity index (χ4v) is 3.34. The minimum atomic E-state index is -3.58. The summed E-state index contributed by atoms with van der Waals surface area (Å²) in [7, 11) is -0.739. The van der Waals surface area contributed by atoms with Crippen LogP contribution >= 0.6 is 0 Å². The van der Waals surface area contributed by atoms with Crippen LogP contribution in [0.4, 0.5) is 0 Å². The molecule has 1 aromatic heterocycles. The molecule has 9 nitrogen and oxygen atoms in total. The maximum atomic E-state index is 12.2. The first-order chi connectivity index (χ1) is 13.8. The second-order valence-corrected chi connectivity index (χ2v) is 8.40. The first kappa shape index (κ1) is 20.2. The Labute approximate surface area is 167 Å². The van der Waals surface area contributed by atoms with E-state index in [9.17, 15) is 18.0 Å². The Morgan fingerprint density at radius 3 is 2.17 bits per heavy atom. The maximum absolute atomic E-state index is 12.2. The molecular formula is C19H19N5O4S. The lowest BCUT2D eigenvalue weighted by atomic mass is 10.1. The molecule has 0 radical (unpaired) electrons. The van der Waals surface area contributed by atoms with Gasteiger partial charge in [-0.1, -0.05) is 30.3 Å². The third-order valence-corrected chi connectivity index (χ3v) is 5.91. The monoisotopic (exact) mass is 413 g/mol. The summed E-state index contributed by atoms with van der Waals surface area (Å²) in [4.78, 5) is 24.5. The average molecular weight is 413 g/mol. The summed E-state index contributed by atoms with van der Waals surface area (Å²) < 4.78 is 25.2. The van der Waals surface area contributed by atoms with E-state index in [-0.39, 0.29) is 16.2 Å². The summed E-state index contributed by atoms with van der Waals surface area (Å²) in [6, 6.07) is 16.3. The molecule has 2 aromatic carbocycles. The van der Waals surface area contributed by atoms with Gasteiger partial charge in [-0.2, -0.15) is 5.10 Å². The number of carbonyl (C=O) groups is 2. The molecule has 3 aromatic rings. The van der Waals surface area contributed by atoms with Gasteiger partial charge in [0.25, 0.3) is 11.8 Å². The summed E-state index contributed by atoms with van der Waals surface area (Å²) in [5.41, 5.74) is 6.38. The van der Waals surface area contributed by atoms with Crippen molar-refractivity contribution in [2.24, 2.45) is 0 Å². The zero-order valence-corrected chi connectivity index (χ0v) is 16.5. The molecule has 10 heteroatoms. The Bertz CT molecular complexity index is 1120. The molecule has 29 heavy (non-hydrogen) atoms. The number of carbonyl (C=O) groups excluding carboxylic acids is 2. The number of aromatic amines is 1. The van der Waals surface area contributed by atoms with Gasteiger partial charge >= 0.3 is 0 Å². The van der Waals surface area contributed by atoms with Gasteiger partial charge in [0.1, 0.15) is 5.69 Å². The smallest absolute Gasteiger partial charge is 0.272 e. The van der Waals surface area contributed by atoms with Gasteiger partial charge in [0.05, 0.1) is 10.6 Å². The van der Waals surface area contributed by atoms with Crippen molar-refractivity contribution in [3.63, 3.8) is 0 Å². The average Bonchev–Trinajstić information content (AvgIpc) is 3.23. The van der Waals surface area contributed by atoms with Crippen molar-refractivity contribution in [1.82, 2.24) is 25.4 Å². The number of H-pyrrole nitrogens is 1. The van der Waals surface area contributed by atoms with Gasteiger partial charge in [0.15, 0.2) is 0 Å². The Hall–Kier alpha value is -3.50. The van der Waals surface area contributed by atoms with E-state index in [4.69, 9.17) is 0 Å². The highest BCUT2D eigenvalue weighted by molar-refractivity contribution is 7.89. The van der Waals surface area contributed by atoms with Crippen LogP contribution in [0.3, 0.4) is 0 Å². The summed E-state index contributed by atoms with van der Waals surface area (Å²) in [6.45, 7) is 0. The Morgan fingerprint density at radius 2 is 1.55 bits per heavy atom. The summed E-state index contributed by atoms with van der Waals surface area (Å²) in [6.07, 6.45) is 0. The number of amides is 2. The highest BCUT2D eigenvalue weighted by Gasteiger charge is 2.18. The van der Waals surface area contributed by atoms with Gasteiger partial charge in [-0.3, -0.25) is 25.5 Å². The molecule has 0 aliphatic carbocycles. The molecule has 0 spiro atoms. The third-order valence-electron chi connectivity index (χ3n) is 4.08. The summed E-state index contributed by atoms with van der Waals surface area (Å²) in [5, 5.41) is 6.70. The molecule has 3 N–H and O–H groups in total. The molecule has 0 aliphatic heterocycles. The van der Waals surface area contributed by atoms with Crippen molar-refractivity contribution < 1.29 is 18.0 Å². The van der Waals surface area contributed by atoms with Gasteiger partial charge in [-0.25, -0.2) is 12.7 Å². The fourth-order valence-electron chi connectivity index (χ4n) is 2.44. The first-order valence-electron chi connectivity index (χ1n) is 8.53. The normalized spacial score (nSPS) is 11.3. The molecule has 2 amide bonds. The number of hydrogen-bond donors (Lipinski definition) is 3. The number of hydrazine groups is 1. The molecule has 3 rings (SSSR count). The van der Waals surface area contributed by atoms with Crippen LogP contribution in [0.2, 0.25) is 0 Å². The maximum Gasteiger partial charge on any atom is 0.287 e. The number of aromatic nitrogens is 2. The van der Waals surface area contributed by atoms with Crippen molar-refractivity contribution in [3.8, 4) is 11.3 Å². The minimum Gasteiger partial charge on any atom is -0.272 e. The van der Waals surface area contributed by atoms with Crippen LogP contribution in [0.25, 0.3) is 11.3 Å². The van der Waals surface area contributed by atoms with Gasteiger partial charge in [-0.15, -0.1) is 0 Å². The Morgan fingerprint density at radius 1 is 0.931 bits per heavy atom. The van der Waals surface area contributed by atoms with Crippen molar-refractivity contribution in [1.29, 1.82) is 0 Å². The zero-order chi connectivity index (χ0) is 21.0. The predicted molar refractivity (Wildman–Crippen MR) is 106 cm³/mol. The van der Waals surface area contributed by atoms with Crippen LogP contribution in [0, 0.1) is 0 Å². The molecular weight excluding hydrogens is 394 g/mol. The van der Waals surface area contributed by atoms with Crippen LogP contribution in [-0.4, -0.2) is 48.8 Å². The second kappa shape index (κ2) is 8.25. The van der Waals surface area contributed by atoms with Gasteiger partial charge in [0, 0.05) is 25.2 Å². The van der Waals surface area contributed by atoms with E-state index in [1.165, 1.54) is 38.4 Å². The van der Waals surface area contributed by atoms with E-state index in [0.29, 0.717) is 5.69 Å². The molecule has 1 heterocycles. The highest BCUT2D eigenvalue weighted by Crippen LogP contribution is 2.17. The van der Waals surface area contributed by atoms with E-state index < -0.39 is 21.8 Å². The standard InChI is InChI=1S/C19H19N5O4S/c1-24(2)29(27,28)15-10-8-14(9-11-15)18(25)22-23-19(26)17-12-16(20-21-17)13-6-4-3-5-7-13/h3-12H,1-2H3,(H,20,21)(H,22,25)(H,23,26). The molecule has 0 aliphatic rings. The van der Waals surface area contributed by atoms with E-state index in [2.05, 4.69) is 21.0 Å². The lowest BCUT2D eigenvalue weighted by molar-refractivity contribution is 0.0844. The number of sulfonamides is 1. The van der Waals surface area contributed by atoms with Crippen LogP contribution in [0.5, 0.6) is 0 Å². The largest absolute Gasteiger partial charge is 0.287 e. The summed E-state index contributed by atoms with van der Waals surface area (Å²) in [5.74, 6) is -1.16. The van der Waals surface area contributed by atoms with E-state index in [1.807, 2.05) is 30.3 Å². The lowest BCUT2D eigenvalue weighted by Crippen LogP contribution is -2.41. The number of hydrogen-bond acceptors (Lipinski definition) is 5. The van der Waals surface area contributed by atoms with Crippen molar-refractivity contribution >= 4 is 21.8 Å². The molecule has 0 fully saturated rings. The van der Waals surface area contributed by atoms with Crippen molar-refractivity contribution in [2.75, 3.05) is 14.1 Å². The molecule has 0 atom stereocenters. The van der Waals surface area contributed by atoms with Crippen molar-refractivity contribution in [3.05, 3.63) is 71.9 Å². The quantitative estimate of drug-likeness (QED) is 0.546. The molecule has 150 valence electrons. The topological polar surface area (TPSA) is 124 Å². The Balaban J connectivity index is 1.62. The zero-order valence-electron chi connectivity index (χ0n) is 15.7. The van der Waals surface area contributed by atoms with Crippen molar-refractivity contribution in [2.45, 2.75) is 4.90 Å². The predicted octanol–water partition coefficient (Wildman–Crippen LogP) is 1.40. The van der Waals surface area contributed by atoms with Crippen LogP contribution in [0.15, 0.2) is 65.6 Å². The molecule has 0 bridgehead atoms. The highest BCUT2D eigenvalue weighted by atomic mass is 32.2. The SMILES string of the molecule is CN(C)S(=O)(=O)c1ccc(C(=O)NNC(=O)c2cc(-c3ccccc3)n[nH]2)cc1. The van der Waals surface area contributed by atoms with Crippen LogP contribution in [-0.2, 0) is 10.0 Å². The number of nitrogens with zero attached hydrogens (tertiary/aromatic N) is 2. The Kier molecular flexibility index (Phi) is 5.76. The van der Waals surface area contributed by atoms with Crippen LogP contribution < -0.4 is 10.9 Å². The second-order valence-electron chi connectivity index (χ2n) is 6.25. The van der Waals surface area contributed by atoms with Gasteiger partial charge in [0.2, 0.25) is 10.0 Å². The van der Waals surface area contributed by atoms with Gasteiger partial charge in [-0.05, 0) is 30.3 Å². The summed E-state index contributed by atoms with van der Waals surface area (Å²) >= 11 is 0. The van der Waals surface area contributed by atoms with E-state index in [0.717, 1.165) is 9.87 Å². The first-order valence-corrected chi connectivity index (χ1v) is 9.97. The fraction of sp³-hybridized carbons (Fsp3) is 0.105. The molecule has 0 unspecified atom stereocenters. The van der Waals surface area contributed by atoms with E-state index in [1.54, 1.807) is 6.07 Å². The van der Waals surface area contributed by atoms with Crippen LogP contribution in [0.1, 0.15) is 20.8 Å². The molecule has 0 saturated carbocycles. The number of benzene rings is 2. The van der Waals surface area contributed by atoms with E-state index >= 15 is 0 Å². The molecule has 0 saturated heterocycles. The lowest BCUT2D eigenvalue weighted by Gasteiger charge is -2.11. The third kappa shape index (κ3) is 4.50. The van der Waals surface area contributed by atoms with Gasteiger partial charge < -0.3 is 0 Å². The number of nitrogens with one attached hydrogen (secondary N) is 3. The minimum absolute atomic E-state index is 0.0639.